The number of aromatic amines is 1. The molecule has 0 saturated heterocycles. The van der Waals surface area contributed by atoms with Crippen LogP contribution in [0.4, 0.5) is 40.7 Å². The molecule has 5 aliphatic carbocycles. The van der Waals surface area contributed by atoms with E-state index in [1.165, 1.54) is 37.4 Å². The number of methoxy groups -OCH3 is 1. The van der Waals surface area contributed by atoms with Gasteiger partial charge in [-0.15, -0.1) is 20.4 Å². The number of hydrogen-bond acceptors (Lipinski definition) is 32. The average molecular weight is 1930 g/mol. The molecule has 2 aromatic carbocycles. The summed E-state index contributed by atoms with van der Waals surface area (Å²) in [6, 6.07) is 38.6. The minimum atomic E-state index is -3.29. The van der Waals surface area contributed by atoms with E-state index in [1.54, 1.807) is 98.8 Å². The maximum absolute atomic E-state index is 13.6. The van der Waals surface area contributed by atoms with E-state index in [0.29, 0.717) is 183 Å². The van der Waals surface area contributed by atoms with Gasteiger partial charge in [-0.2, -0.15) is 25.5 Å². The normalized spacial score (nSPS) is 19.0. The number of anilines is 7. The zero-order valence-corrected chi connectivity index (χ0v) is 82.5. The van der Waals surface area contributed by atoms with Crippen molar-refractivity contribution in [1.82, 2.24) is 75.9 Å². The van der Waals surface area contributed by atoms with Gasteiger partial charge in [0, 0.05) is 68.1 Å². The fraction of sp³-hybridized carbons (Fsp3) is 0.360. The Bertz CT molecular complexity index is 7060. The molecule has 2 amide bonds. The summed E-state index contributed by atoms with van der Waals surface area (Å²) in [6.45, 7) is 21.9. The molecule has 0 saturated carbocycles. The molecule has 5 aliphatic rings. The number of sulfone groups is 2. The van der Waals surface area contributed by atoms with Crippen LogP contribution in [0.5, 0.6) is 5.88 Å². The molecule has 5 atom stereocenters. The molecule has 138 heavy (non-hydrogen) atoms. The minimum Gasteiger partial charge on any atom is -0.480 e. The first-order valence-corrected chi connectivity index (χ1v) is 48.6. The van der Waals surface area contributed by atoms with Gasteiger partial charge in [0.2, 0.25) is 17.7 Å². The Balaban J connectivity index is 0.000000149. The van der Waals surface area contributed by atoms with Crippen LogP contribution in [0.15, 0.2) is 154 Å². The Labute approximate surface area is 804 Å². The van der Waals surface area contributed by atoms with Crippen molar-refractivity contribution in [2.75, 3.05) is 84.4 Å². The molecular weight excluding hydrogens is 1820 g/mol. The van der Waals surface area contributed by atoms with Crippen molar-refractivity contribution >= 4 is 113 Å². The maximum atomic E-state index is 13.6. The summed E-state index contributed by atoms with van der Waals surface area (Å²) >= 11 is 5.77. The number of halogens is 1. The molecule has 12 aromatic rings. The quantitative estimate of drug-likeness (QED) is 0.0464. The van der Waals surface area contributed by atoms with Crippen LogP contribution in [0.2, 0.25) is 5.15 Å². The van der Waals surface area contributed by atoms with E-state index in [4.69, 9.17) is 33.5 Å². The molecule has 5 unspecified atom stereocenters. The number of aryl methyl sites for hydroxylation is 10. The largest absolute Gasteiger partial charge is 0.480 e. The van der Waals surface area contributed by atoms with Gasteiger partial charge in [-0.25, -0.2) is 46.9 Å². The zero-order valence-electron chi connectivity index (χ0n) is 80.1. The van der Waals surface area contributed by atoms with Crippen LogP contribution in [-0.4, -0.2) is 180 Å². The number of carbonyl (C=O) groups is 7. The molecule has 0 aliphatic heterocycles. The number of nitrogens with zero attached hydrogens (tertiary/aromatic N) is 16. The topological polar surface area (TPSA) is 519 Å². The molecule has 0 bridgehead atoms. The smallest absolute Gasteiger partial charge is 0.264 e. The Morgan fingerprint density at radius 3 is 0.971 bits per heavy atom. The van der Waals surface area contributed by atoms with Gasteiger partial charge in [0.05, 0.1) is 125 Å². The number of nitrogens with two attached hydrogens (primary N) is 3. The fourth-order valence-corrected chi connectivity index (χ4v) is 19.6. The van der Waals surface area contributed by atoms with Crippen LogP contribution >= 0.6 is 11.6 Å². The van der Waals surface area contributed by atoms with Crippen molar-refractivity contribution in [1.29, 1.82) is 0 Å². The number of benzene rings is 2. The monoisotopic (exact) mass is 1930 g/mol. The third-order valence-corrected chi connectivity index (χ3v) is 30.0. The summed E-state index contributed by atoms with van der Waals surface area (Å²) in [4.78, 5) is 129. The number of Topliss-reactive ketones (excluding diaryl/α,β-unsaturated/α-hetero) is 5. The summed E-state index contributed by atoms with van der Waals surface area (Å²) in [7, 11) is 2.52. The standard InChI is InChI=1S/C27H31N5O4S.C26H28N4O5S.C17H21N5O.C15H15ClN4O.C15H16N4O2/c1-6-37(35,36)19-9-7-18(8-10-19)16-24(33)29-22-15-17(2)25-20(28-22)13-14-27(3,26(25)34)21-11-12-23(31-30-21)32(4)5;1-5-36(33,34)18-8-6-17(7-9-18)15-22(31)28-21-14-16(2)24-19(27-21)12-13-26(3,25(24)32)20-10-11-23(35-4)30-29-20;1-10-9-13(18)19-11-7-8-17(2,16(23)15(10)11)12-5-6-14(21-20-12)22(3)4;1-8-7-12(17)18-9-5-6-15(2,14(21)13(8)9)10-3-4-11(16)20-19-10;1-8-7-11(16)17-9-5-6-15(2,14(21)13(8)9)10-3-4-12(20)19-18-10/h7-12,15H,6,13-14,16H2,1-5H3,(H,28,29,33);6-11,14H,5,12-13,15H2,1-4H3,(H,27,28,31);5-6,9H,7-8H2,1-4H3,(H2,18,19);3-4,7H,5-6H2,1-2H3,(H2,17,18);3-4,7H,5-6H2,1-2H3,(H2,16,17)(H,19,20). The molecular formula is C100H111ClN22O13S2. The third kappa shape index (κ3) is 21.1. The Morgan fingerprint density at radius 2 is 0.696 bits per heavy atom. The van der Waals surface area contributed by atoms with Crippen LogP contribution in [0.3, 0.4) is 0 Å². The number of pyridine rings is 5. The van der Waals surface area contributed by atoms with Crippen molar-refractivity contribution in [3.05, 3.63) is 279 Å². The van der Waals surface area contributed by atoms with E-state index in [2.05, 4.69) is 86.5 Å². The summed E-state index contributed by atoms with van der Waals surface area (Å²) in [5.41, 5.74) is 28.5. The van der Waals surface area contributed by atoms with E-state index < -0.39 is 46.7 Å². The predicted molar refractivity (Wildman–Crippen MR) is 524 cm³/mol. The van der Waals surface area contributed by atoms with Gasteiger partial charge in [0.1, 0.15) is 29.1 Å². The number of rotatable bonds is 18. The molecule has 0 fully saturated rings. The molecule has 10 heterocycles. The highest BCUT2D eigenvalue weighted by Crippen LogP contribution is 2.45. The number of nitrogens with one attached hydrogen (secondary N) is 3. The number of fused-ring (bicyclic) bond motifs is 5. The highest BCUT2D eigenvalue weighted by atomic mass is 35.5. The van der Waals surface area contributed by atoms with E-state index in [1.807, 2.05) is 131 Å². The molecule has 0 radical (unpaired) electrons. The first kappa shape index (κ1) is 101. The number of nitrogen functional groups attached to an aromatic ring is 3. The number of amides is 2. The number of hydrogen-bond donors (Lipinski definition) is 6. The second kappa shape index (κ2) is 40.5. The number of ketones is 5. The van der Waals surface area contributed by atoms with Gasteiger partial charge in [-0.1, -0.05) is 49.7 Å². The summed E-state index contributed by atoms with van der Waals surface area (Å²) in [6.07, 6.45) is 6.22. The number of aromatic nitrogens is 15. The van der Waals surface area contributed by atoms with Gasteiger partial charge < -0.3 is 42.4 Å². The Hall–Kier alpha value is -14.3. The van der Waals surface area contributed by atoms with Gasteiger partial charge >= 0.3 is 0 Å². The van der Waals surface area contributed by atoms with E-state index in [0.717, 1.165) is 56.5 Å². The van der Waals surface area contributed by atoms with Crippen molar-refractivity contribution in [3.63, 3.8) is 0 Å². The lowest BCUT2D eigenvalue weighted by Gasteiger charge is -2.33. The second-order valence-corrected chi connectivity index (χ2v) is 41.5. The zero-order chi connectivity index (χ0) is 100. The van der Waals surface area contributed by atoms with Gasteiger partial charge in [-0.05, 0) is 276 Å². The van der Waals surface area contributed by atoms with Crippen molar-refractivity contribution < 1.29 is 55.1 Å². The maximum Gasteiger partial charge on any atom is 0.264 e. The van der Waals surface area contributed by atoms with Crippen LogP contribution in [0.1, 0.15) is 228 Å². The molecule has 17 rings (SSSR count). The lowest BCUT2D eigenvalue weighted by Crippen LogP contribution is -2.39. The summed E-state index contributed by atoms with van der Waals surface area (Å²) < 4.78 is 53.0. The minimum absolute atomic E-state index is 0.0189. The molecule has 9 N–H and O–H groups in total. The lowest BCUT2D eigenvalue weighted by atomic mass is 9.70. The second-order valence-electron chi connectivity index (χ2n) is 36.6. The molecule has 718 valence electrons. The summed E-state index contributed by atoms with van der Waals surface area (Å²) in [5.74, 6) is 3.39. The molecule has 10 aromatic heterocycles. The van der Waals surface area contributed by atoms with E-state index in [-0.39, 0.29) is 80.4 Å². The number of carbonyl (C=O) groups excluding carboxylic acids is 7. The fourth-order valence-electron chi connectivity index (χ4n) is 17.8. The molecule has 35 nitrogen and oxygen atoms in total. The number of ether oxygens (including phenoxy) is 1. The van der Waals surface area contributed by atoms with Crippen molar-refractivity contribution in [3.8, 4) is 5.88 Å². The highest BCUT2D eigenvalue weighted by Gasteiger charge is 2.48. The van der Waals surface area contributed by atoms with E-state index >= 15 is 0 Å². The van der Waals surface area contributed by atoms with Crippen LogP contribution < -0.4 is 47.9 Å². The van der Waals surface area contributed by atoms with Gasteiger partial charge in [0.25, 0.3) is 5.56 Å². The van der Waals surface area contributed by atoms with Gasteiger partial charge in [-0.3, -0.25) is 38.4 Å². The SMILES string of the molecule is CCS(=O)(=O)c1ccc(CC(=O)Nc2cc(C)c3c(n2)CCC(C)(c2ccc(N(C)C)nn2)C3=O)cc1.CCS(=O)(=O)c1ccc(CC(=O)Nc2cc(C)c3c(n2)CCC(C)(c2ccc(OC)nn2)C3=O)cc1.Cc1cc(N)nc2c1C(=O)C(C)(c1ccc(=O)[nH]n1)CC2.Cc1cc(N)nc2c1C(=O)C(C)(c1ccc(Cl)nn1)CC2.Cc1cc(N)nc2c1C(=O)C(C)(c1ccc(N(C)C)nn1)CC2. The average Bonchev–Trinajstić information content (AvgIpc) is 0.771. The number of H-pyrrole nitrogens is 1. The van der Waals surface area contributed by atoms with Gasteiger partial charge in [0.15, 0.2) is 65.4 Å². The first-order valence-electron chi connectivity index (χ1n) is 44.9. The Morgan fingerprint density at radius 1 is 0.399 bits per heavy atom. The Kier molecular flexibility index (Phi) is 29.7. The van der Waals surface area contributed by atoms with Crippen molar-refractivity contribution in [2.45, 2.75) is 197 Å². The first-order chi connectivity index (χ1) is 65.2. The third-order valence-electron chi connectivity index (χ3n) is 26.3. The van der Waals surface area contributed by atoms with Crippen LogP contribution in [0, 0.1) is 34.6 Å². The molecule has 0 spiro atoms. The summed E-state index contributed by atoms with van der Waals surface area (Å²) in [5, 5.41) is 45.7. The predicted octanol–water partition coefficient (Wildman–Crippen LogP) is 12.1. The van der Waals surface area contributed by atoms with Crippen LogP contribution in [0.25, 0.3) is 0 Å². The van der Waals surface area contributed by atoms with E-state index in [9.17, 15) is 55.2 Å². The van der Waals surface area contributed by atoms with Crippen LogP contribution in [-0.2, 0) is 101 Å². The lowest BCUT2D eigenvalue weighted by molar-refractivity contribution is -0.116. The highest BCUT2D eigenvalue weighted by molar-refractivity contribution is 7.91. The molecule has 38 heteroatoms. The van der Waals surface area contributed by atoms with Crippen molar-refractivity contribution in [2.24, 2.45) is 0 Å².